The van der Waals surface area contributed by atoms with E-state index in [1.54, 1.807) is 25.2 Å². The van der Waals surface area contributed by atoms with Gasteiger partial charge in [-0.05, 0) is 44.2 Å². The number of hydrogen-bond donors (Lipinski definition) is 2. The molecule has 7 heteroatoms. The lowest BCUT2D eigenvalue weighted by Gasteiger charge is -2.19. The van der Waals surface area contributed by atoms with Crippen LogP contribution in [0.5, 0.6) is 0 Å². The minimum absolute atomic E-state index is 0.142. The number of carbonyl (C=O) groups is 1. The Kier molecular flexibility index (Phi) is 4.89. The van der Waals surface area contributed by atoms with E-state index in [2.05, 4.69) is 10.0 Å². The maximum Gasteiger partial charge on any atom is 0.240 e. The molecule has 1 saturated heterocycles. The lowest BCUT2D eigenvalue weighted by molar-refractivity contribution is -0.124. The second-order valence-corrected chi connectivity index (χ2v) is 7.63. The number of amides is 1. The molecule has 2 rings (SSSR count). The van der Waals surface area contributed by atoms with Gasteiger partial charge in [0.2, 0.25) is 15.9 Å². The fraction of sp³-hybridized carbons (Fsp3) is 0.533. The quantitative estimate of drug-likeness (QED) is 0.832. The van der Waals surface area contributed by atoms with Crippen molar-refractivity contribution in [3.8, 4) is 0 Å². The first-order valence-corrected chi connectivity index (χ1v) is 8.72. The molecular formula is C15H23N3O3S. The third-order valence-corrected chi connectivity index (χ3v) is 5.67. The van der Waals surface area contributed by atoms with Gasteiger partial charge in [-0.25, -0.2) is 13.1 Å². The molecule has 1 fully saturated rings. The van der Waals surface area contributed by atoms with Gasteiger partial charge in [0, 0.05) is 26.2 Å². The average Bonchev–Trinajstić information content (AvgIpc) is 2.80. The summed E-state index contributed by atoms with van der Waals surface area (Å²) in [7, 11) is -0.197. The van der Waals surface area contributed by atoms with Crippen molar-refractivity contribution >= 4 is 15.9 Å². The molecule has 122 valence electrons. The highest BCUT2D eigenvalue weighted by atomic mass is 32.2. The summed E-state index contributed by atoms with van der Waals surface area (Å²) in [5, 5.41) is 2.60. The van der Waals surface area contributed by atoms with Gasteiger partial charge >= 0.3 is 0 Å². The first-order valence-electron chi connectivity index (χ1n) is 7.24. The van der Waals surface area contributed by atoms with Crippen LogP contribution in [0, 0.1) is 19.8 Å². The van der Waals surface area contributed by atoms with Crippen LogP contribution in [0.15, 0.2) is 23.1 Å². The molecular weight excluding hydrogens is 302 g/mol. The van der Waals surface area contributed by atoms with Gasteiger partial charge in [0.05, 0.1) is 10.8 Å². The first-order chi connectivity index (χ1) is 10.2. The van der Waals surface area contributed by atoms with Crippen molar-refractivity contribution in [2.45, 2.75) is 24.8 Å². The Hall–Kier alpha value is -1.44. The van der Waals surface area contributed by atoms with E-state index in [-0.39, 0.29) is 16.7 Å². The smallest absolute Gasteiger partial charge is 0.240 e. The molecule has 0 bridgehead atoms. The highest BCUT2D eigenvalue weighted by Crippen LogP contribution is 2.20. The molecule has 0 saturated carbocycles. The van der Waals surface area contributed by atoms with Gasteiger partial charge in [0.25, 0.3) is 0 Å². The normalized spacial score (nSPS) is 22.7. The second kappa shape index (κ2) is 6.36. The Balaban J connectivity index is 2.23. The molecule has 0 aromatic heterocycles. The molecule has 6 nitrogen and oxygen atoms in total. The summed E-state index contributed by atoms with van der Waals surface area (Å²) in [4.78, 5) is 14.1. The lowest BCUT2D eigenvalue weighted by Crippen LogP contribution is -2.45. The van der Waals surface area contributed by atoms with E-state index in [0.29, 0.717) is 13.1 Å². The largest absolute Gasteiger partial charge is 0.359 e. The number of likely N-dealkylation sites (N-methyl/N-ethyl adjacent to an activating group) is 1. The van der Waals surface area contributed by atoms with Crippen LogP contribution in [0.1, 0.15) is 11.1 Å². The summed E-state index contributed by atoms with van der Waals surface area (Å²) in [5.41, 5.74) is 1.97. The molecule has 1 aliphatic heterocycles. The molecule has 1 aromatic carbocycles. The summed E-state index contributed by atoms with van der Waals surface area (Å²) in [6, 6.07) is 4.63. The number of aryl methyl sites for hydroxylation is 2. The molecule has 0 aliphatic carbocycles. The van der Waals surface area contributed by atoms with Gasteiger partial charge in [-0.15, -0.1) is 0 Å². The summed E-state index contributed by atoms with van der Waals surface area (Å²) < 4.78 is 27.8. The van der Waals surface area contributed by atoms with Crippen molar-refractivity contribution in [3.05, 3.63) is 29.3 Å². The number of benzene rings is 1. The summed E-state index contributed by atoms with van der Waals surface area (Å²) in [6.07, 6.45) is 0. The zero-order chi connectivity index (χ0) is 16.5. The molecule has 1 aliphatic rings. The fourth-order valence-electron chi connectivity index (χ4n) is 2.72. The predicted octanol–water partition coefficient (Wildman–Crippen LogP) is 0.258. The van der Waals surface area contributed by atoms with E-state index in [9.17, 15) is 13.2 Å². The Labute approximate surface area is 131 Å². The van der Waals surface area contributed by atoms with Gasteiger partial charge in [-0.2, -0.15) is 0 Å². The number of nitrogens with zero attached hydrogens (tertiary/aromatic N) is 1. The lowest BCUT2D eigenvalue weighted by atomic mass is 10.0. The summed E-state index contributed by atoms with van der Waals surface area (Å²) in [6.45, 7) is 4.87. The maximum atomic E-state index is 12.6. The number of hydrogen-bond acceptors (Lipinski definition) is 4. The molecule has 2 atom stereocenters. The van der Waals surface area contributed by atoms with E-state index in [1.807, 2.05) is 25.8 Å². The SMILES string of the molecule is CNC(=O)[C@H]1CN(C)C[C@@H]1NS(=O)(=O)c1ccc(C)c(C)c1. The number of carbonyl (C=O) groups excluding carboxylic acids is 1. The molecule has 1 aromatic rings. The average molecular weight is 325 g/mol. The molecule has 0 radical (unpaired) electrons. The van der Waals surface area contributed by atoms with Gasteiger partial charge < -0.3 is 10.2 Å². The zero-order valence-corrected chi connectivity index (χ0v) is 14.2. The van der Waals surface area contributed by atoms with Crippen LogP contribution < -0.4 is 10.0 Å². The van der Waals surface area contributed by atoms with Crippen LogP contribution in [0.3, 0.4) is 0 Å². The molecule has 0 unspecified atom stereocenters. The van der Waals surface area contributed by atoms with E-state index in [1.165, 1.54) is 0 Å². The fourth-order valence-corrected chi connectivity index (χ4v) is 4.07. The van der Waals surface area contributed by atoms with E-state index in [0.717, 1.165) is 11.1 Å². The molecule has 0 spiro atoms. The minimum atomic E-state index is -3.64. The number of sulfonamides is 1. The molecule has 1 amide bonds. The van der Waals surface area contributed by atoms with Crippen molar-refractivity contribution < 1.29 is 13.2 Å². The van der Waals surface area contributed by atoms with Crippen molar-refractivity contribution in [2.75, 3.05) is 27.2 Å². The number of rotatable bonds is 4. The van der Waals surface area contributed by atoms with E-state index in [4.69, 9.17) is 0 Å². The molecule has 1 heterocycles. The van der Waals surface area contributed by atoms with Crippen LogP contribution in [-0.4, -0.2) is 52.5 Å². The van der Waals surface area contributed by atoms with Crippen LogP contribution in [0.2, 0.25) is 0 Å². The van der Waals surface area contributed by atoms with E-state index < -0.39 is 16.1 Å². The highest BCUT2D eigenvalue weighted by molar-refractivity contribution is 7.89. The third kappa shape index (κ3) is 3.48. The summed E-state index contributed by atoms with van der Waals surface area (Å²) >= 11 is 0. The van der Waals surface area contributed by atoms with Crippen molar-refractivity contribution in [1.29, 1.82) is 0 Å². The van der Waals surface area contributed by atoms with Gasteiger partial charge in [0.1, 0.15) is 0 Å². The number of likely N-dealkylation sites (tertiary alicyclic amines) is 1. The van der Waals surface area contributed by atoms with Gasteiger partial charge in [-0.3, -0.25) is 4.79 Å². The van der Waals surface area contributed by atoms with Crippen molar-refractivity contribution in [3.63, 3.8) is 0 Å². The summed E-state index contributed by atoms with van der Waals surface area (Å²) in [5.74, 6) is -0.520. The Morgan fingerprint density at radius 3 is 2.50 bits per heavy atom. The predicted molar refractivity (Wildman–Crippen MR) is 85.1 cm³/mol. The van der Waals surface area contributed by atoms with Crippen molar-refractivity contribution in [1.82, 2.24) is 14.9 Å². The Morgan fingerprint density at radius 2 is 1.91 bits per heavy atom. The third-order valence-electron chi connectivity index (χ3n) is 4.18. The first kappa shape index (κ1) is 16.9. The van der Waals surface area contributed by atoms with Crippen molar-refractivity contribution in [2.24, 2.45) is 5.92 Å². The topological polar surface area (TPSA) is 78.5 Å². The second-order valence-electron chi connectivity index (χ2n) is 5.92. The number of nitrogens with one attached hydrogen (secondary N) is 2. The molecule has 22 heavy (non-hydrogen) atoms. The zero-order valence-electron chi connectivity index (χ0n) is 13.4. The van der Waals surface area contributed by atoms with Gasteiger partial charge in [0.15, 0.2) is 0 Å². The maximum absolute atomic E-state index is 12.6. The van der Waals surface area contributed by atoms with E-state index >= 15 is 0 Å². The van der Waals surface area contributed by atoms with Gasteiger partial charge in [-0.1, -0.05) is 6.07 Å². The monoisotopic (exact) mass is 325 g/mol. The van der Waals surface area contributed by atoms with Crippen LogP contribution in [0.25, 0.3) is 0 Å². The Bertz CT molecular complexity index is 673. The Morgan fingerprint density at radius 1 is 1.23 bits per heavy atom. The van der Waals surface area contributed by atoms with Crippen LogP contribution >= 0.6 is 0 Å². The standard InChI is InChI=1S/C15H23N3O3S/c1-10-5-6-12(7-11(10)2)22(20,21)17-14-9-18(4)8-13(14)15(19)16-3/h5-7,13-14,17H,8-9H2,1-4H3,(H,16,19)/t13-,14-/m0/s1. The highest BCUT2D eigenvalue weighted by Gasteiger charge is 2.38. The van der Waals surface area contributed by atoms with Crippen LogP contribution in [-0.2, 0) is 14.8 Å². The minimum Gasteiger partial charge on any atom is -0.359 e. The van der Waals surface area contributed by atoms with Crippen LogP contribution in [0.4, 0.5) is 0 Å². The molecule has 2 N–H and O–H groups in total.